The van der Waals surface area contributed by atoms with Gasteiger partial charge in [0, 0.05) is 38.1 Å². The van der Waals surface area contributed by atoms with Gasteiger partial charge in [0.05, 0.1) is 24.0 Å². The summed E-state index contributed by atoms with van der Waals surface area (Å²) in [6, 6.07) is 20.6. The minimum absolute atomic E-state index is 0.0346. The van der Waals surface area contributed by atoms with E-state index in [0.29, 0.717) is 18.0 Å². The molecule has 9 heteroatoms. The Balaban J connectivity index is 1.41. The average Bonchev–Trinajstić information content (AvgIpc) is 3.41. The second-order valence-electron chi connectivity index (χ2n) is 7.93. The maximum atomic E-state index is 13.1. The average molecular weight is 491 g/mol. The lowest BCUT2D eigenvalue weighted by molar-refractivity contribution is 0.0950. The third kappa shape index (κ3) is 5.70. The van der Waals surface area contributed by atoms with Gasteiger partial charge in [0.15, 0.2) is 0 Å². The Morgan fingerprint density at radius 1 is 1.03 bits per heavy atom. The van der Waals surface area contributed by atoms with Gasteiger partial charge >= 0.3 is 0 Å². The molecule has 0 aliphatic carbocycles. The van der Waals surface area contributed by atoms with Crippen LogP contribution in [0.3, 0.4) is 0 Å². The molecule has 0 saturated heterocycles. The van der Waals surface area contributed by atoms with Gasteiger partial charge in [-0.25, -0.2) is 13.4 Å². The summed E-state index contributed by atoms with van der Waals surface area (Å²) >= 11 is 0. The van der Waals surface area contributed by atoms with E-state index in [0.717, 1.165) is 17.7 Å². The molecule has 0 aliphatic rings. The fourth-order valence-electron chi connectivity index (χ4n) is 3.52. The molecule has 35 heavy (non-hydrogen) atoms. The molecule has 0 fully saturated rings. The number of hydrogen-bond acceptors (Lipinski definition) is 5. The molecule has 0 atom stereocenters. The van der Waals surface area contributed by atoms with Gasteiger partial charge in [0.1, 0.15) is 5.75 Å². The zero-order valence-corrected chi connectivity index (χ0v) is 20.3. The second kappa shape index (κ2) is 10.4. The number of methoxy groups -OCH3 is 1. The quantitative estimate of drug-likeness (QED) is 0.386. The van der Waals surface area contributed by atoms with Crippen molar-refractivity contribution in [1.82, 2.24) is 14.9 Å². The molecule has 4 rings (SSSR count). The fourth-order valence-corrected chi connectivity index (χ4v) is 4.77. The molecule has 8 nitrogen and oxygen atoms in total. The van der Waals surface area contributed by atoms with Gasteiger partial charge < -0.3 is 14.6 Å². The van der Waals surface area contributed by atoms with Crippen molar-refractivity contribution in [3.63, 3.8) is 0 Å². The Morgan fingerprint density at radius 3 is 2.40 bits per heavy atom. The number of imidazole rings is 1. The minimum Gasteiger partial charge on any atom is -0.497 e. The number of carbonyl (C=O) groups is 1. The van der Waals surface area contributed by atoms with Crippen molar-refractivity contribution in [2.45, 2.75) is 18.0 Å². The van der Waals surface area contributed by atoms with Gasteiger partial charge in [0.2, 0.25) is 0 Å². The zero-order valence-electron chi connectivity index (χ0n) is 19.5. The van der Waals surface area contributed by atoms with Crippen LogP contribution in [0.4, 0.5) is 5.69 Å². The number of nitrogens with one attached hydrogen (secondary N) is 1. The normalized spacial score (nSPS) is 11.1. The Morgan fingerprint density at radius 2 is 1.74 bits per heavy atom. The van der Waals surface area contributed by atoms with Crippen molar-refractivity contribution in [3.05, 3.63) is 108 Å². The number of carbonyl (C=O) groups excluding carboxylic acids is 1. The molecule has 1 amide bonds. The molecule has 0 bridgehead atoms. The first-order valence-electron chi connectivity index (χ1n) is 10.9. The van der Waals surface area contributed by atoms with Crippen LogP contribution in [0.2, 0.25) is 0 Å². The molecule has 0 radical (unpaired) electrons. The molecule has 180 valence electrons. The minimum atomic E-state index is -3.86. The Labute approximate surface area is 204 Å². The van der Waals surface area contributed by atoms with Crippen LogP contribution in [-0.4, -0.2) is 38.0 Å². The Kier molecular flexibility index (Phi) is 7.17. The van der Waals surface area contributed by atoms with Crippen LogP contribution in [0.5, 0.6) is 5.75 Å². The van der Waals surface area contributed by atoms with E-state index >= 15 is 0 Å². The van der Waals surface area contributed by atoms with Gasteiger partial charge in [-0.2, -0.15) is 0 Å². The first kappa shape index (κ1) is 24.0. The van der Waals surface area contributed by atoms with Gasteiger partial charge in [0.25, 0.3) is 15.9 Å². The molecule has 4 aromatic rings. The predicted molar refractivity (Wildman–Crippen MR) is 134 cm³/mol. The van der Waals surface area contributed by atoms with Crippen LogP contribution >= 0.6 is 0 Å². The predicted octanol–water partition coefficient (Wildman–Crippen LogP) is 3.70. The van der Waals surface area contributed by atoms with E-state index in [1.165, 1.54) is 23.5 Å². The number of ether oxygens (including phenoxy) is 1. The van der Waals surface area contributed by atoms with Crippen molar-refractivity contribution in [2.75, 3.05) is 18.5 Å². The van der Waals surface area contributed by atoms with Crippen molar-refractivity contribution < 1.29 is 17.9 Å². The van der Waals surface area contributed by atoms with Gasteiger partial charge in [-0.15, -0.1) is 0 Å². The largest absolute Gasteiger partial charge is 0.497 e. The third-order valence-corrected chi connectivity index (χ3v) is 7.37. The summed E-state index contributed by atoms with van der Waals surface area (Å²) in [5.74, 6) is 0.280. The standard InChI is InChI=1S/C26H26N4O4S/c1-29(23-10-12-24(34-2)13-11-23)35(32,33)25-5-3-4-22(16-25)26(31)28-17-20-6-8-21(9-7-20)18-30-15-14-27-19-30/h3-16,19H,17-18H2,1-2H3,(H,28,31). The number of hydrogen-bond donors (Lipinski definition) is 1. The number of amides is 1. The van der Waals surface area contributed by atoms with Crippen LogP contribution in [0.15, 0.2) is 96.4 Å². The lowest BCUT2D eigenvalue weighted by atomic mass is 10.1. The van der Waals surface area contributed by atoms with E-state index < -0.39 is 10.0 Å². The van der Waals surface area contributed by atoms with Crippen LogP contribution < -0.4 is 14.4 Å². The topological polar surface area (TPSA) is 93.5 Å². The lowest BCUT2D eigenvalue weighted by Gasteiger charge is -2.20. The number of rotatable bonds is 9. The van der Waals surface area contributed by atoms with Crippen molar-refractivity contribution >= 4 is 21.6 Å². The van der Waals surface area contributed by atoms with Crippen molar-refractivity contribution in [2.24, 2.45) is 0 Å². The number of aromatic nitrogens is 2. The number of benzene rings is 3. The number of sulfonamides is 1. The zero-order chi connectivity index (χ0) is 24.8. The summed E-state index contributed by atoms with van der Waals surface area (Å²) in [7, 11) is -0.837. The highest BCUT2D eigenvalue weighted by Crippen LogP contribution is 2.24. The van der Waals surface area contributed by atoms with Crippen LogP contribution in [0, 0.1) is 0 Å². The molecule has 0 unspecified atom stereocenters. The summed E-state index contributed by atoms with van der Waals surface area (Å²) in [6.07, 6.45) is 5.40. The molecular formula is C26H26N4O4S. The lowest BCUT2D eigenvalue weighted by Crippen LogP contribution is -2.27. The Hall–Kier alpha value is -4.11. The molecular weight excluding hydrogens is 464 g/mol. The van der Waals surface area contributed by atoms with Crippen LogP contribution in [0.25, 0.3) is 0 Å². The van der Waals surface area contributed by atoms with Crippen molar-refractivity contribution in [1.29, 1.82) is 0 Å². The Bertz CT molecular complexity index is 1380. The first-order chi connectivity index (χ1) is 16.9. The molecule has 3 aromatic carbocycles. The number of anilines is 1. The van der Waals surface area contributed by atoms with E-state index in [-0.39, 0.29) is 16.4 Å². The van der Waals surface area contributed by atoms with Crippen LogP contribution in [0.1, 0.15) is 21.5 Å². The van der Waals surface area contributed by atoms with E-state index in [1.54, 1.807) is 56.0 Å². The molecule has 0 saturated carbocycles. The van der Waals surface area contributed by atoms with Crippen molar-refractivity contribution in [3.8, 4) is 5.75 Å². The second-order valence-corrected chi connectivity index (χ2v) is 9.90. The number of nitrogens with zero attached hydrogens (tertiary/aromatic N) is 3. The summed E-state index contributed by atoms with van der Waals surface area (Å²) in [5.41, 5.74) is 2.82. The highest BCUT2D eigenvalue weighted by molar-refractivity contribution is 7.92. The SMILES string of the molecule is COc1ccc(N(C)S(=O)(=O)c2cccc(C(=O)NCc3ccc(Cn4ccnc4)cc3)c2)cc1. The van der Waals surface area contributed by atoms with Crippen LogP contribution in [-0.2, 0) is 23.1 Å². The van der Waals surface area contributed by atoms with E-state index in [9.17, 15) is 13.2 Å². The van der Waals surface area contributed by atoms with Gasteiger partial charge in [-0.1, -0.05) is 30.3 Å². The van der Waals surface area contributed by atoms with Gasteiger partial charge in [-0.05, 0) is 53.6 Å². The molecule has 1 N–H and O–H groups in total. The van der Waals surface area contributed by atoms with E-state index in [1.807, 2.05) is 35.0 Å². The maximum Gasteiger partial charge on any atom is 0.264 e. The smallest absolute Gasteiger partial charge is 0.264 e. The maximum absolute atomic E-state index is 13.1. The van der Waals surface area contributed by atoms with E-state index in [2.05, 4.69) is 10.3 Å². The molecule has 0 spiro atoms. The highest BCUT2D eigenvalue weighted by Gasteiger charge is 2.22. The monoisotopic (exact) mass is 490 g/mol. The molecule has 0 aliphatic heterocycles. The summed E-state index contributed by atoms with van der Waals surface area (Å²) < 4.78 is 34.6. The summed E-state index contributed by atoms with van der Waals surface area (Å²) in [4.78, 5) is 16.8. The third-order valence-electron chi connectivity index (χ3n) is 5.59. The summed E-state index contributed by atoms with van der Waals surface area (Å²) in [6.45, 7) is 1.05. The first-order valence-corrected chi connectivity index (χ1v) is 12.4. The van der Waals surface area contributed by atoms with E-state index in [4.69, 9.17) is 4.74 Å². The fraction of sp³-hybridized carbons (Fsp3) is 0.154. The molecule has 1 heterocycles. The summed E-state index contributed by atoms with van der Waals surface area (Å²) in [5, 5.41) is 2.86. The highest BCUT2D eigenvalue weighted by atomic mass is 32.2. The molecule has 1 aromatic heterocycles. The van der Waals surface area contributed by atoms with Gasteiger partial charge in [-0.3, -0.25) is 9.10 Å².